The van der Waals surface area contributed by atoms with Gasteiger partial charge in [0.1, 0.15) is 35.7 Å². The molecule has 276 valence electrons. The van der Waals surface area contributed by atoms with Crippen LogP contribution in [-0.2, 0) is 19.6 Å². The largest absolute Gasteiger partial charge is 0.492 e. The fourth-order valence-electron chi connectivity index (χ4n) is 5.58. The molecule has 8 nitrogen and oxygen atoms in total. The molecule has 0 spiro atoms. The molecular weight excluding hydrogens is 687 g/mol. The summed E-state index contributed by atoms with van der Waals surface area (Å²) in [4.78, 5) is 0. The summed E-state index contributed by atoms with van der Waals surface area (Å²) in [5, 5.41) is 10.3. The SMILES string of the molecule is COCOc1ccc(C2(C)COc3cc(OCOC)ccc3C2c2ccc(OCC(O)COCCSCCCC(F)(F)C(F)(F)F)cc2)cc1. The van der Waals surface area contributed by atoms with Gasteiger partial charge in [-0.15, -0.1) is 0 Å². The summed E-state index contributed by atoms with van der Waals surface area (Å²) in [7, 11) is 3.12. The van der Waals surface area contributed by atoms with Crippen molar-refractivity contribution in [2.24, 2.45) is 0 Å². The summed E-state index contributed by atoms with van der Waals surface area (Å²) >= 11 is 1.21. The van der Waals surface area contributed by atoms with Crippen molar-refractivity contribution in [2.75, 3.05) is 65.7 Å². The number of hydrogen-bond donors (Lipinski definition) is 1. The van der Waals surface area contributed by atoms with Gasteiger partial charge >= 0.3 is 12.1 Å². The first-order chi connectivity index (χ1) is 23.9. The zero-order valence-electron chi connectivity index (χ0n) is 28.2. The van der Waals surface area contributed by atoms with E-state index in [2.05, 4.69) is 6.92 Å². The van der Waals surface area contributed by atoms with Crippen LogP contribution in [0.5, 0.6) is 23.0 Å². The van der Waals surface area contributed by atoms with Crippen LogP contribution in [0, 0.1) is 0 Å². The monoisotopic (exact) mass is 730 g/mol. The summed E-state index contributed by atoms with van der Waals surface area (Å²) in [6.07, 6.45) is -7.97. The van der Waals surface area contributed by atoms with Crippen LogP contribution in [0.3, 0.4) is 0 Å². The number of thioether (sulfide) groups is 1. The minimum absolute atomic E-state index is 0.0205. The van der Waals surface area contributed by atoms with Crippen LogP contribution in [0.1, 0.15) is 42.4 Å². The molecule has 0 saturated heterocycles. The molecule has 14 heteroatoms. The number of methoxy groups -OCH3 is 2. The summed E-state index contributed by atoms with van der Waals surface area (Å²) in [6.45, 7) is 2.97. The standard InChI is InChI=1S/C36H43F5O8S/c1-34(26-7-11-29(12-8-26)48-23-43-2)22-47-32-19-30(49-24-44-3)13-14-31(32)33(34)25-5-9-28(10-6-25)46-21-27(42)20-45-16-18-50-17-4-15-35(37,38)36(39,40)41/h5-14,19,27,33,42H,4,15-18,20-24H2,1-3H3. The quantitative estimate of drug-likeness (QED) is 0.0718. The van der Waals surface area contributed by atoms with Gasteiger partial charge < -0.3 is 38.3 Å². The number of aliphatic hydroxyl groups excluding tert-OH is 1. The molecule has 1 aliphatic rings. The molecule has 3 unspecified atom stereocenters. The van der Waals surface area contributed by atoms with E-state index in [9.17, 15) is 27.1 Å². The predicted molar refractivity (Wildman–Crippen MR) is 179 cm³/mol. The van der Waals surface area contributed by atoms with Gasteiger partial charge in [-0.3, -0.25) is 0 Å². The molecule has 50 heavy (non-hydrogen) atoms. The Morgan fingerprint density at radius 2 is 1.46 bits per heavy atom. The molecule has 3 aromatic rings. The predicted octanol–water partition coefficient (Wildman–Crippen LogP) is 7.60. The summed E-state index contributed by atoms with van der Waals surface area (Å²) in [5.74, 6) is -1.66. The molecule has 0 aromatic heterocycles. The van der Waals surface area contributed by atoms with Gasteiger partial charge in [0.05, 0.1) is 19.8 Å². The van der Waals surface area contributed by atoms with Gasteiger partial charge in [-0.1, -0.05) is 37.3 Å². The Kier molecular flexibility index (Phi) is 14.4. The van der Waals surface area contributed by atoms with E-state index in [-0.39, 0.29) is 51.5 Å². The Balaban J connectivity index is 1.34. The van der Waals surface area contributed by atoms with Crippen LogP contribution >= 0.6 is 11.8 Å². The number of alkyl halides is 5. The van der Waals surface area contributed by atoms with Crippen LogP contribution in [0.25, 0.3) is 0 Å². The zero-order valence-corrected chi connectivity index (χ0v) is 29.0. The lowest BCUT2D eigenvalue weighted by molar-refractivity contribution is -0.284. The summed E-state index contributed by atoms with van der Waals surface area (Å²) < 4.78 is 102. The van der Waals surface area contributed by atoms with Crippen molar-refractivity contribution in [3.63, 3.8) is 0 Å². The van der Waals surface area contributed by atoms with Crippen molar-refractivity contribution in [3.05, 3.63) is 83.4 Å². The minimum Gasteiger partial charge on any atom is -0.492 e. The van der Waals surface area contributed by atoms with Gasteiger partial charge in [-0.2, -0.15) is 33.7 Å². The maximum atomic E-state index is 13.0. The minimum atomic E-state index is -5.53. The lowest BCUT2D eigenvalue weighted by Gasteiger charge is -2.43. The molecule has 1 N–H and O–H groups in total. The van der Waals surface area contributed by atoms with Gasteiger partial charge in [0.2, 0.25) is 0 Å². The number of hydrogen-bond acceptors (Lipinski definition) is 9. The van der Waals surface area contributed by atoms with E-state index < -0.39 is 30.0 Å². The first-order valence-corrected chi connectivity index (χ1v) is 17.1. The highest BCUT2D eigenvalue weighted by Gasteiger charge is 2.56. The Bertz CT molecular complexity index is 1460. The molecule has 0 bridgehead atoms. The Hall–Kier alpha value is -3.30. The van der Waals surface area contributed by atoms with Crippen LogP contribution in [-0.4, -0.2) is 89.0 Å². The third-order valence-corrected chi connectivity index (χ3v) is 9.23. The molecule has 0 radical (unpaired) electrons. The smallest absolute Gasteiger partial charge is 0.453 e. The third-order valence-electron chi connectivity index (χ3n) is 8.19. The van der Waals surface area contributed by atoms with Crippen molar-refractivity contribution in [3.8, 4) is 23.0 Å². The Morgan fingerprint density at radius 3 is 2.12 bits per heavy atom. The lowest BCUT2D eigenvalue weighted by atomic mass is 9.65. The highest BCUT2D eigenvalue weighted by molar-refractivity contribution is 7.99. The average molecular weight is 731 g/mol. The van der Waals surface area contributed by atoms with E-state index in [1.165, 1.54) is 11.8 Å². The van der Waals surface area contributed by atoms with E-state index in [1.807, 2.05) is 66.7 Å². The zero-order chi connectivity index (χ0) is 36.2. The van der Waals surface area contributed by atoms with Crippen LogP contribution < -0.4 is 18.9 Å². The van der Waals surface area contributed by atoms with Gasteiger partial charge in [-0.25, -0.2) is 0 Å². The van der Waals surface area contributed by atoms with E-state index >= 15 is 0 Å². The molecule has 1 heterocycles. The molecule has 0 aliphatic carbocycles. The Morgan fingerprint density at radius 1 is 0.840 bits per heavy atom. The number of aliphatic hydroxyl groups is 1. The highest BCUT2D eigenvalue weighted by Crippen LogP contribution is 2.51. The van der Waals surface area contributed by atoms with E-state index in [0.29, 0.717) is 35.4 Å². The van der Waals surface area contributed by atoms with Crippen molar-refractivity contribution in [1.29, 1.82) is 0 Å². The maximum absolute atomic E-state index is 13.0. The lowest BCUT2D eigenvalue weighted by Crippen LogP contribution is -2.41. The number of ether oxygens (including phenoxy) is 7. The number of fused-ring (bicyclic) bond motifs is 1. The van der Waals surface area contributed by atoms with Crippen molar-refractivity contribution in [2.45, 2.75) is 49.3 Å². The summed E-state index contributed by atoms with van der Waals surface area (Å²) in [6, 6.07) is 21.3. The number of benzene rings is 3. The molecule has 0 saturated carbocycles. The maximum Gasteiger partial charge on any atom is 0.453 e. The second-order valence-corrected chi connectivity index (χ2v) is 13.2. The molecule has 0 amide bonds. The topological polar surface area (TPSA) is 84.8 Å². The fourth-order valence-corrected chi connectivity index (χ4v) is 6.37. The number of rotatable bonds is 20. The molecule has 4 rings (SSSR count). The summed E-state index contributed by atoms with van der Waals surface area (Å²) in [5.41, 5.74) is 2.60. The second kappa shape index (κ2) is 18.3. The molecular formula is C36H43F5O8S. The van der Waals surface area contributed by atoms with Gasteiger partial charge in [0.15, 0.2) is 13.6 Å². The fraction of sp³-hybridized carbons (Fsp3) is 0.500. The number of halogens is 5. The van der Waals surface area contributed by atoms with E-state index in [1.54, 1.807) is 14.2 Å². The van der Waals surface area contributed by atoms with E-state index in [4.69, 9.17) is 33.2 Å². The third kappa shape index (κ3) is 10.6. The normalized spacial score (nSPS) is 18.2. The van der Waals surface area contributed by atoms with Gasteiger partial charge in [-0.05, 0) is 53.6 Å². The average Bonchev–Trinajstić information content (AvgIpc) is 3.10. The van der Waals surface area contributed by atoms with Gasteiger partial charge in [0, 0.05) is 49.4 Å². The van der Waals surface area contributed by atoms with E-state index in [0.717, 1.165) is 16.7 Å². The van der Waals surface area contributed by atoms with Crippen molar-refractivity contribution in [1.82, 2.24) is 0 Å². The molecule has 3 atom stereocenters. The molecule has 1 aliphatic heterocycles. The van der Waals surface area contributed by atoms with Crippen molar-refractivity contribution < 1.29 is 60.2 Å². The van der Waals surface area contributed by atoms with Crippen LogP contribution in [0.4, 0.5) is 22.0 Å². The second-order valence-electron chi connectivity index (χ2n) is 12.0. The van der Waals surface area contributed by atoms with Crippen LogP contribution in [0.15, 0.2) is 66.7 Å². The van der Waals surface area contributed by atoms with Gasteiger partial charge in [0.25, 0.3) is 0 Å². The first-order valence-electron chi connectivity index (χ1n) is 16.0. The first kappa shape index (κ1) is 39.5. The van der Waals surface area contributed by atoms with Crippen LogP contribution in [0.2, 0.25) is 0 Å². The molecule has 3 aromatic carbocycles. The Labute approximate surface area is 293 Å². The highest BCUT2D eigenvalue weighted by atomic mass is 32.2. The molecule has 0 fully saturated rings. The van der Waals surface area contributed by atoms with Crippen molar-refractivity contribution >= 4 is 11.8 Å².